The molecular weight excluding hydrogens is 254 g/mol. The van der Waals surface area contributed by atoms with E-state index in [0.717, 1.165) is 15.8 Å². The van der Waals surface area contributed by atoms with Crippen LogP contribution in [0.4, 0.5) is 0 Å². The van der Waals surface area contributed by atoms with Gasteiger partial charge in [0.2, 0.25) is 0 Å². The average molecular weight is 266 g/mol. The van der Waals surface area contributed by atoms with E-state index in [-0.39, 0.29) is 0 Å². The summed E-state index contributed by atoms with van der Waals surface area (Å²) >= 11 is 3.51. The van der Waals surface area contributed by atoms with Crippen molar-refractivity contribution in [2.24, 2.45) is 5.73 Å². The lowest BCUT2D eigenvalue weighted by molar-refractivity contribution is 0.544. The van der Waals surface area contributed by atoms with E-state index in [2.05, 4.69) is 22.0 Å². The minimum atomic E-state index is 0.493. The molecule has 0 saturated heterocycles. The fourth-order valence-corrected chi connectivity index (χ4v) is 2.57. The minimum absolute atomic E-state index is 0.493. The van der Waals surface area contributed by atoms with E-state index in [0.29, 0.717) is 12.5 Å². The molecule has 1 aromatic heterocycles. The first-order chi connectivity index (χ1) is 7.31. The Bertz CT molecular complexity index is 514. The zero-order chi connectivity index (χ0) is 10.4. The Morgan fingerprint density at radius 1 is 1.40 bits per heavy atom. The minimum Gasteiger partial charge on any atom is -0.458 e. The highest BCUT2D eigenvalue weighted by Crippen LogP contribution is 2.46. The van der Waals surface area contributed by atoms with Crippen LogP contribution in [0, 0.1) is 0 Å². The van der Waals surface area contributed by atoms with Crippen molar-refractivity contribution in [1.29, 1.82) is 0 Å². The van der Waals surface area contributed by atoms with E-state index < -0.39 is 0 Å². The van der Waals surface area contributed by atoms with Crippen LogP contribution in [0.2, 0.25) is 0 Å². The number of furan rings is 1. The van der Waals surface area contributed by atoms with Gasteiger partial charge >= 0.3 is 0 Å². The standard InChI is InChI=1S/C12H12BrNO/c13-9-3-1-2-8-11(7-4-5-7)10(6-14)15-12(8)9/h1-3,7H,4-6,14H2. The smallest absolute Gasteiger partial charge is 0.148 e. The molecule has 3 heteroatoms. The second kappa shape index (κ2) is 3.35. The van der Waals surface area contributed by atoms with Gasteiger partial charge in [0.1, 0.15) is 11.3 Å². The van der Waals surface area contributed by atoms with Gasteiger partial charge in [-0.2, -0.15) is 0 Å². The highest BCUT2D eigenvalue weighted by atomic mass is 79.9. The van der Waals surface area contributed by atoms with Crippen LogP contribution in [-0.4, -0.2) is 0 Å². The predicted molar refractivity (Wildman–Crippen MR) is 63.8 cm³/mol. The normalized spacial score (nSPS) is 16.1. The fourth-order valence-electron chi connectivity index (χ4n) is 2.12. The van der Waals surface area contributed by atoms with Gasteiger partial charge < -0.3 is 10.2 Å². The number of halogens is 1. The van der Waals surface area contributed by atoms with Crippen LogP contribution < -0.4 is 5.73 Å². The van der Waals surface area contributed by atoms with Crippen LogP contribution in [0.5, 0.6) is 0 Å². The number of hydrogen-bond acceptors (Lipinski definition) is 2. The number of hydrogen-bond donors (Lipinski definition) is 1. The first-order valence-electron chi connectivity index (χ1n) is 5.21. The molecule has 78 valence electrons. The maximum Gasteiger partial charge on any atom is 0.148 e. The summed E-state index contributed by atoms with van der Waals surface area (Å²) in [5.41, 5.74) is 8.01. The molecule has 1 heterocycles. The van der Waals surface area contributed by atoms with Crippen LogP contribution in [0.3, 0.4) is 0 Å². The Labute approximate surface area is 96.6 Å². The third kappa shape index (κ3) is 1.42. The molecule has 1 aliphatic rings. The molecule has 0 bridgehead atoms. The highest BCUT2D eigenvalue weighted by molar-refractivity contribution is 9.10. The average Bonchev–Trinajstić information content (AvgIpc) is 3.00. The molecule has 0 unspecified atom stereocenters. The quantitative estimate of drug-likeness (QED) is 0.903. The number of nitrogens with two attached hydrogens (primary N) is 1. The van der Waals surface area contributed by atoms with Gasteiger partial charge in [-0.1, -0.05) is 12.1 Å². The summed E-state index contributed by atoms with van der Waals surface area (Å²) in [5, 5.41) is 1.23. The molecule has 1 aliphatic carbocycles. The Kier molecular flexibility index (Phi) is 2.11. The van der Waals surface area contributed by atoms with Gasteiger partial charge in [0.25, 0.3) is 0 Å². The van der Waals surface area contributed by atoms with Crippen molar-refractivity contribution >= 4 is 26.9 Å². The molecule has 0 aliphatic heterocycles. The molecule has 1 fully saturated rings. The Balaban J connectivity index is 2.33. The lowest BCUT2D eigenvalue weighted by Gasteiger charge is -1.96. The monoisotopic (exact) mass is 265 g/mol. The number of rotatable bonds is 2. The van der Waals surface area contributed by atoms with E-state index in [9.17, 15) is 0 Å². The molecule has 0 spiro atoms. The first-order valence-corrected chi connectivity index (χ1v) is 6.00. The maximum atomic E-state index is 5.81. The summed E-state index contributed by atoms with van der Waals surface area (Å²) in [6.07, 6.45) is 2.54. The largest absolute Gasteiger partial charge is 0.458 e. The molecule has 1 aromatic carbocycles. The molecule has 2 aromatic rings. The van der Waals surface area contributed by atoms with Crippen molar-refractivity contribution in [3.05, 3.63) is 34.0 Å². The molecule has 2 nitrogen and oxygen atoms in total. The van der Waals surface area contributed by atoms with E-state index >= 15 is 0 Å². The lowest BCUT2D eigenvalue weighted by Crippen LogP contribution is -1.97. The fraction of sp³-hybridized carbons (Fsp3) is 0.333. The van der Waals surface area contributed by atoms with E-state index in [1.54, 1.807) is 0 Å². The number of benzene rings is 1. The summed E-state index contributed by atoms with van der Waals surface area (Å²) in [7, 11) is 0. The molecule has 3 rings (SSSR count). The molecule has 0 atom stereocenters. The van der Waals surface area contributed by atoms with Crippen LogP contribution in [0.15, 0.2) is 27.1 Å². The van der Waals surface area contributed by atoms with Gasteiger partial charge in [0.15, 0.2) is 0 Å². The van der Waals surface area contributed by atoms with Crippen LogP contribution in [0.25, 0.3) is 11.0 Å². The van der Waals surface area contributed by atoms with Crippen molar-refractivity contribution in [1.82, 2.24) is 0 Å². The van der Waals surface area contributed by atoms with Gasteiger partial charge in [-0.25, -0.2) is 0 Å². The maximum absolute atomic E-state index is 5.81. The van der Waals surface area contributed by atoms with Gasteiger partial charge in [-0.3, -0.25) is 0 Å². The van der Waals surface area contributed by atoms with Crippen molar-refractivity contribution in [2.75, 3.05) is 0 Å². The van der Waals surface area contributed by atoms with Gasteiger partial charge in [0, 0.05) is 10.9 Å². The van der Waals surface area contributed by atoms with Gasteiger partial charge in [-0.05, 0) is 40.8 Å². The highest BCUT2D eigenvalue weighted by Gasteiger charge is 2.30. The third-order valence-electron chi connectivity index (χ3n) is 2.95. The first kappa shape index (κ1) is 9.43. The second-order valence-electron chi connectivity index (χ2n) is 4.03. The van der Waals surface area contributed by atoms with Crippen molar-refractivity contribution in [3.8, 4) is 0 Å². The summed E-state index contributed by atoms with van der Waals surface area (Å²) in [6, 6.07) is 6.17. The molecule has 2 N–H and O–H groups in total. The summed E-state index contributed by atoms with van der Waals surface area (Å²) in [4.78, 5) is 0. The zero-order valence-electron chi connectivity index (χ0n) is 8.29. The molecule has 15 heavy (non-hydrogen) atoms. The predicted octanol–water partition coefficient (Wildman–Crippen LogP) is 3.53. The summed E-state index contributed by atoms with van der Waals surface area (Å²) in [6.45, 7) is 0.493. The van der Waals surface area contributed by atoms with Crippen molar-refractivity contribution in [3.63, 3.8) is 0 Å². The molecular formula is C12H12BrNO. The summed E-state index contributed by atoms with van der Waals surface area (Å²) in [5.74, 6) is 1.64. The summed E-state index contributed by atoms with van der Waals surface area (Å²) < 4.78 is 6.82. The zero-order valence-corrected chi connectivity index (χ0v) is 9.88. The van der Waals surface area contributed by atoms with E-state index in [1.807, 2.05) is 12.1 Å². The molecule has 0 radical (unpaired) electrons. The Morgan fingerprint density at radius 3 is 2.87 bits per heavy atom. The molecule has 1 saturated carbocycles. The topological polar surface area (TPSA) is 39.2 Å². The number of fused-ring (bicyclic) bond motifs is 1. The van der Waals surface area contributed by atoms with E-state index in [4.69, 9.17) is 10.2 Å². The Hall–Kier alpha value is -0.800. The van der Waals surface area contributed by atoms with Gasteiger partial charge in [-0.15, -0.1) is 0 Å². The Morgan fingerprint density at radius 2 is 2.20 bits per heavy atom. The third-order valence-corrected chi connectivity index (χ3v) is 3.58. The van der Waals surface area contributed by atoms with Crippen LogP contribution in [0.1, 0.15) is 30.1 Å². The van der Waals surface area contributed by atoms with Crippen molar-refractivity contribution in [2.45, 2.75) is 25.3 Å². The van der Waals surface area contributed by atoms with Gasteiger partial charge in [0.05, 0.1) is 11.0 Å². The van der Waals surface area contributed by atoms with Crippen LogP contribution in [-0.2, 0) is 6.54 Å². The molecule has 0 amide bonds. The van der Waals surface area contributed by atoms with Crippen molar-refractivity contribution < 1.29 is 4.42 Å². The van der Waals surface area contributed by atoms with E-state index in [1.165, 1.54) is 23.8 Å². The lowest BCUT2D eigenvalue weighted by atomic mass is 10.1. The van der Waals surface area contributed by atoms with Crippen LogP contribution >= 0.6 is 15.9 Å². The number of para-hydroxylation sites is 1. The second-order valence-corrected chi connectivity index (χ2v) is 4.89. The SMILES string of the molecule is NCc1oc2c(Br)cccc2c1C1CC1.